The summed E-state index contributed by atoms with van der Waals surface area (Å²) < 4.78 is 0. The van der Waals surface area contributed by atoms with Crippen molar-refractivity contribution in [2.24, 2.45) is 5.73 Å². The van der Waals surface area contributed by atoms with Crippen molar-refractivity contribution in [3.05, 3.63) is 16.8 Å². The van der Waals surface area contributed by atoms with Crippen LogP contribution in [0.2, 0.25) is 0 Å². The SMILES string of the molecule is CCc1nnc(NC2(CN)CCCC2)c(C#N)c1CC. The zero-order valence-corrected chi connectivity index (χ0v) is 12.4. The first-order valence-electron chi connectivity index (χ1n) is 7.46. The van der Waals surface area contributed by atoms with Gasteiger partial charge in [-0.2, -0.15) is 10.4 Å². The largest absolute Gasteiger partial charge is 0.361 e. The van der Waals surface area contributed by atoms with Crippen LogP contribution in [0, 0.1) is 11.3 Å². The lowest BCUT2D eigenvalue weighted by Crippen LogP contribution is -2.43. The number of nitrogens with two attached hydrogens (primary N) is 1. The Morgan fingerprint density at radius 3 is 2.45 bits per heavy atom. The molecule has 0 amide bonds. The van der Waals surface area contributed by atoms with Crippen LogP contribution in [0.1, 0.15) is 56.4 Å². The summed E-state index contributed by atoms with van der Waals surface area (Å²) >= 11 is 0. The fourth-order valence-corrected chi connectivity index (χ4v) is 3.06. The molecule has 1 saturated carbocycles. The highest BCUT2D eigenvalue weighted by Gasteiger charge is 2.33. The molecule has 5 nitrogen and oxygen atoms in total. The highest BCUT2D eigenvalue weighted by atomic mass is 15.2. The summed E-state index contributed by atoms with van der Waals surface area (Å²) in [7, 11) is 0. The van der Waals surface area contributed by atoms with Gasteiger partial charge < -0.3 is 11.1 Å². The van der Waals surface area contributed by atoms with Crippen LogP contribution in [-0.4, -0.2) is 22.3 Å². The Bertz CT molecular complexity index is 512. The van der Waals surface area contributed by atoms with E-state index < -0.39 is 0 Å². The van der Waals surface area contributed by atoms with Gasteiger partial charge in [-0.05, 0) is 31.2 Å². The predicted octanol–water partition coefficient (Wildman–Crippen LogP) is 2.16. The first kappa shape index (κ1) is 14.7. The third-order valence-electron chi connectivity index (χ3n) is 4.29. The molecule has 0 atom stereocenters. The van der Waals surface area contributed by atoms with E-state index in [1.165, 1.54) is 12.8 Å². The minimum absolute atomic E-state index is 0.112. The number of aromatic nitrogens is 2. The van der Waals surface area contributed by atoms with Crippen molar-refractivity contribution in [2.45, 2.75) is 57.9 Å². The highest BCUT2D eigenvalue weighted by molar-refractivity contribution is 5.57. The van der Waals surface area contributed by atoms with E-state index in [1.54, 1.807) is 0 Å². The Morgan fingerprint density at radius 1 is 1.25 bits per heavy atom. The third kappa shape index (κ3) is 2.61. The Morgan fingerprint density at radius 2 is 1.95 bits per heavy atom. The normalized spacial score (nSPS) is 16.9. The second kappa shape index (κ2) is 6.19. The molecule has 0 aromatic carbocycles. The number of nitriles is 1. The van der Waals surface area contributed by atoms with Crippen LogP contribution >= 0.6 is 0 Å². The van der Waals surface area contributed by atoms with Gasteiger partial charge in [-0.1, -0.05) is 26.7 Å². The number of rotatable bonds is 5. The summed E-state index contributed by atoms with van der Waals surface area (Å²) in [6, 6.07) is 2.30. The van der Waals surface area contributed by atoms with Gasteiger partial charge in [0.1, 0.15) is 11.6 Å². The number of aryl methyl sites for hydroxylation is 1. The maximum Gasteiger partial charge on any atom is 0.167 e. The molecule has 1 heterocycles. The lowest BCUT2D eigenvalue weighted by molar-refractivity contribution is 0.490. The van der Waals surface area contributed by atoms with Crippen LogP contribution in [0.25, 0.3) is 0 Å². The summed E-state index contributed by atoms with van der Waals surface area (Å²) in [5.41, 5.74) is 8.40. The van der Waals surface area contributed by atoms with Gasteiger partial charge in [0.15, 0.2) is 5.82 Å². The molecule has 0 saturated heterocycles. The molecule has 108 valence electrons. The topological polar surface area (TPSA) is 87.6 Å². The lowest BCUT2D eigenvalue weighted by Gasteiger charge is -2.29. The van der Waals surface area contributed by atoms with Crippen molar-refractivity contribution in [2.75, 3.05) is 11.9 Å². The molecule has 1 aromatic rings. The van der Waals surface area contributed by atoms with Gasteiger partial charge in [0.05, 0.1) is 11.2 Å². The molecule has 1 aliphatic rings. The first-order valence-corrected chi connectivity index (χ1v) is 7.46. The molecule has 20 heavy (non-hydrogen) atoms. The van der Waals surface area contributed by atoms with Gasteiger partial charge in [-0.3, -0.25) is 0 Å². The summed E-state index contributed by atoms with van der Waals surface area (Å²) in [6.45, 7) is 4.65. The molecule has 1 fully saturated rings. The number of hydrogen-bond acceptors (Lipinski definition) is 5. The van der Waals surface area contributed by atoms with Crippen LogP contribution in [0.4, 0.5) is 5.82 Å². The standard InChI is InChI=1S/C15H23N5/c1-3-11-12(9-16)14(20-19-13(11)4-2)18-15(10-17)7-5-6-8-15/h3-8,10,17H2,1-2H3,(H,18,20). The second-order valence-electron chi connectivity index (χ2n) is 5.48. The monoisotopic (exact) mass is 273 g/mol. The molecule has 3 N–H and O–H groups in total. The van der Waals surface area contributed by atoms with Crippen LogP contribution in [0.15, 0.2) is 0 Å². The van der Waals surface area contributed by atoms with Gasteiger partial charge in [0.2, 0.25) is 0 Å². The van der Waals surface area contributed by atoms with E-state index in [0.29, 0.717) is 17.9 Å². The van der Waals surface area contributed by atoms with E-state index in [2.05, 4.69) is 28.5 Å². The minimum Gasteiger partial charge on any atom is -0.361 e. The average Bonchev–Trinajstić information content (AvgIpc) is 2.95. The van der Waals surface area contributed by atoms with E-state index >= 15 is 0 Å². The fourth-order valence-electron chi connectivity index (χ4n) is 3.06. The Labute approximate surface area is 120 Å². The van der Waals surface area contributed by atoms with Crippen molar-refractivity contribution in [1.29, 1.82) is 5.26 Å². The first-order chi connectivity index (χ1) is 9.69. The molecule has 0 bridgehead atoms. The zero-order chi connectivity index (χ0) is 14.6. The quantitative estimate of drug-likeness (QED) is 0.858. The van der Waals surface area contributed by atoms with Crippen molar-refractivity contribution < 1.29 is 0 Å². The molecule has 0 unspecified atom stereocenters. The highest BCUT2D eigenvalue weighted by Crippen LogP contribution is 2.33. The summed E-state index contributed by atoms with van der Waals surface area (Å²) in [5, 5.41) is 21.4. The predicted molar refractivity (Wildman–Crippen MR) is 79.4 cm³/mol. The Kier molecular flexibility index (Phi) is 4.56. The van der Waals surface area contributed by atoms with E-state index in [-0.39, 0.29) is 5.54 Å². The molecule has 0 radical (unpaired) electrons. The van der Waals surface area contributed by atoms with Crippen LogP contribution < -0.4 is 11.1 Å². The van der Waals surface area contributed by atoms with Crippen LogP contribution in [0.3, 0.4) is 0 Å². The summed E-state index contributed by atoms with van der Waals surface area (Å²) in [4.78, 5) is 0. The third-order valence-corrected chi connectivity index (χ3v) is 4.29. The molecular formula is C15H23N5. The van der Waals surface area contributed by atoms with Gasteiger partial charge >= 0.3 is 0 Å². The summed E-state index contributed by atoms with van der Waals surface area (Å²) in [6.07, 6.45) is 6.01. The number of hydrogen-bond donors (Lipinski definition) is 2. The maximum atomic E-state index is 9.49. The second-order valence-corrected chi connectivity index (χ2v) is 5.48. The zero-order valence-electron chi connectivity index (χ0n) is 12.4. The van der Waals surface area contributed by atoms with Crippen molar-refractivity contribution in [1.82, 2.24) is 10.2 Å². The Balaban J connectivity index is 2.39. The molecular weight excluding hydrogens is 250 g/mol. The van der Waals surface area contributed by atoms with Crippen LogP contribution in [-0.2, 0) is 12.8 Å². The van der Waals surface area contributed by atoms with Crippen LogP contribution in [0.5, 0.6) is 0 Å². The summed E-state index contributed by atoms with van der Waals surface area (Å²) in [5.74, 6) is 0.605. The molecule has 0 aliphatic heterocycles. The molecule has 0 spiro atoms. The number of nitrogens with zero attached hydrogens (tertiary/aromatic N) is 3. The van der Waals surface area contributed by atoms with E-state index in [4.69, 9.17) is 5.73 Å². The van der Waals surface area contributed by atoms with Gasteiger partial charge in [0, 0.05) is 6.54 Å². The van der Waals surface area contributed by atoms with E-state index in [0.717, 1.165) is 36.9 Å². The smallest absolute Gasteiger partial charge is 0.167 e. The minimum atomic E-state index is -0.112. The lowest BCUT2D eigenvalue weighted by atomic mass is 9.96. The number of nitrogens with one attached hydrogen (secondary N) is 1. The molecule has 2 rings (SSSR count). The average molecular weight is 273 g/mol. The van der Waals surface area contributed by atoms with Gasteiger partial charge in [0.25, 0.3) is 0 Å². The fraction of sp³-hybridized carbons (Fsp3) is 0.667. The van der Waals surface area contributed by atoms with Gasteiger partial charge in [-0.15, -0.1) is 5.10 Å². The number of anilines is 1. The van der Waals surface area contributed by atoms with E-state index in [9.17, 15) is 5.26 Å². The molecule has 5 heteroatoms. The van der Waals surface area contributed by atoms with Crippen molar-refractivity contribution >= 4 is 5.82 Å². The van der Waals surface area contributed by atoms with Gasteiger partial charge in [-0.25, -0.2) is 0 Å². The Hall–Kier alpha value is -1.67. The molecule has 1 aromatic heterocycles. The van der Waals surface area contributed by atoms with E-state index in [1.807, 2.05) is 6.92 Å². The van der Waals surface area contributed by atoms with Crippen molar-refractivity contribution in [3.63, 3.8) is 0 Å². The molecule has 1 aliphatic carbocycles. The van der Waals surface area contributed by atoms with Crippen molar-refractivity contribution in [3.8, 4) is 6.07 Å². The maximum absolute atomic E-state index is 9.49.